The van der Waals surface area contributed by atoms with Crippen molar-refractivity contribution in [2.45, 2.75) is 173 Å². The third-order valence-electron chi connectivity index (χ3n) is 14.6. The molecule has 4 N–H and O–H groups in total. The van der Waals surface area contributed by atoms with E-state index in [1.165, 1.54) is 49.9 Å². The van der Waals surface area contributed by atoms with Crippen LogP contribution in [0.2, 0.25) is 36.3 Å². The Bertz CT molecular complexity index is 3020. The van der Waals surface area contributed by atoms with Gasteiger partial charge < -0.3 is 38.4 Å². The van der Waals surface area contributed by atoms with Crippen molar-refractivity contribution in [3.63, 3.8) is 0 Å². The molecule has 0 radical (unpaired) electrons. The summed E-state index contributed by atoms with van der Waals surface area (Å²) < 4.78 is 93.2. The first-order valence-corrected chi connectivity index (χ1v) is 33.2. The van der Waals surface area contributed by atoms with E-state index in [4.69, 9.17) is 42.0 Å². The van der Waals surface area contributed by atoms with Crippen LogP contribution in [0.1, 0.15) is 84.9 Å². The van der Waals surface area contributed by atoms with Gasteiger partial charge in [0.15, 0.2) is 28.5 Å². The monoisotopic (exact) mass is 1110 g/mol. The van der Waals surface area contributed by atoms with Crippen molar-refractivity contribution in [3.8, 4) is 5.75 Å². The van der Waals surface area contributed by atoms with Crippen LogP contribution in [0.25, 0.3) is 0 Å². The summed E-state index contributed by atoms with van der Waals surface area (Å²) in [6, 6.07) is 6.91. The molecule has 27 heteroatoms. The van der Waals surface area contributed by atoms with Gasteiger partial charge in [0.2, 0.25) is 0 Å². The standard InChI is InChI=1S/C47H73N6O17PSSi2/c1-29-24-52(37-23-33(54)34(66-37)26-64-71(60,49-31(3)42(57)63-10)68-32-19-16-15-17-20-32)43(58)50(39(29)55)21-18-22-51-40(56)30(2)25-53(44(51)59)41-38(69-74(13,14)46(7,8)9)47(35(48)28-72(61,62)70-47)36(67-41)27-65-73(11,12)45(4,5)6/h15-17,19-20,24-25,28,31,33-34,36-38,41,54H,18,21-23,26-27,48H2,1-14H3,(H,49,60)/t31?,33-,34+,36+,37+,38-,41+,47+,71?/m0/s1. The van der Waals surface area contributed by atoms with Crippen LogP contribution < -0.4 is 37.8 Å². The molecule has 6 rings (SSSR count). The van der Waals surface area contributed by atoms with Crippen LogP contribution in [0.3, 0.4) is 0 Å². The lowest BCUT2D eigenvalue weighted by molar-refractivity contribution is -0.142. The molecule has 412 valence electrons. The van der Waals surface area contributed by atoms with E-state index in [9.17, 15) is 42.1 Å². The molecular weight excluding hydrogens is 1040 g/mol. The summed E-state index contributed by atoms with van der Waals surface area (Å²) in [4.78, 5) is 68.6. The zero-order valence-corrected chi connectivity index (χ0v) is 48.3. The van der Waals surface area contributed by atoms with Gasteiger partial charge in [-0.15, -0.1) is 0 Å². The van der Waals surface area contributed by atoms with Crippen LogP contribution in [0, 0.1) is 13.8 Å². The Hall–Kier alpha value is -4.32. The van der Waals surface area contributed by atoms with Crippen molar-refractivity contribution in [2.75, 3.05) is 20.3 Å². The molecule has 2 saturated heterocycles. The third kappa shape index (κ3) is 12.1. The van der Waals surface area contributed by atoms with Crippen molar-refractivity contribution < 1.29 is 59.2 Å². The lowest BCUT2D eigenvalue weighted by atomic mass is 9.89. The van der Waals surface area contributed by atoms with E-state index in [1.54, 1.807) is 18.2 Å². The fourth-order valence-electron chi connectivity index (χ4n) is 8.28. The zero-order chi connectivity index (χ0) is 55.3. The van der Waals surface area contributed by atoms with Crippen molar-refractivity contribution in [1.82, 2.24) is 23.4 Å². The van der Waals surface area contributed by atoms with Crippen LogP contribution in [0.5, 0.6) is 5.75 Å². The molecule has 23 nitrogen and oxygen atoms in total. The average Bonchev–Trinajstić information content (AvgIpc) is 3.90. The first kappa shape index (κ1) is 58.9. The number of esters is 1. The fraction of sp³-hybridized carbons (Fsp3) is 0.638. The Kier molecular flexibility index (Phi) is 17.2. The van der Waals surface area contributed by atoms with E-state index in [-0.39, 0.29) is 60.1 Å². The first-order chi connectivity index (χ1) is 34.1. The number of rotatable bonds is 19. The smallest absolute Gasteiger partial charge is 0.459 e. The number of aryl methyl sites for hydroxylation is 2. The Labute approximate surface area is 432 Å². The van der Waals surface area contributed by atoms with Crippen LogP contribution in [-0.2, 0) is 64.3 Å². The Balaban J connectivity index is 1.28. The topological polar surface area (TPSA) is 288 Å². The van der Waals surface area contributed by atoms with Crippen molar-refractivity contribution >= 4 is 40.5 Å². The molecule has 2 aromatic heterocycles. The van der Waals surface area contributed by atoms with Crippen molar-refractivity contribution in [2.24, 2.45) is 5.73 Å². The number of methoxy groups -OCH3 is 1. The molecule has 1 spiro atoms. The predicted molar refractivity (Wildman–Crippen MR) is 278 cm³/mol. The number of aliphatic hydroxyl groups is 1. The van der Waals surface area contributed by atoms with Gasteiger partial charge in [0, 0.05) is 43.0 Å². The highest BCUT2D eigenvalue weighted by molar-refractivity contribution is 7.90. The van der Waals surface area contributed by atoms with E-state index >= 15 is 0 Å². The molecule has 2 unspecified atom stereocenters. The van der Waals surface area contributed by atoms with E-state index in [1.807, 2.05) is 67.7 Å². The number of nitrogens with one attached hydrogen (secondary N) is 1. The van der Waals surface area contributed by atoms with Gasteiger partial charge in [-0.25, -0.2) is 18.3 Å². The first-order valence-electron chi connectivity index (χ1n) is 24.3. The van der Waals surface area contributed by atoms with Gasteiger partial charge >= 0.3 is 25.1 Å². The van der Waals surface area contributed by atoms with Crippen LogP contribution in [-0.4, -0.2) is 111 Å². The number of carbonyl (C=O) groups excluding carboxylic acids is 1. The molecule has 0 amide bonds. The Morgan fingerprint density at radius 1 is 0.905 bits per heavy atom. The molecule has 5 heterocycles. The number of aromatic nitrogens is 4. The summed E-state index contributed by atoms with van der Waals surface area (Å²) in [7, 11) is -13.0. The maximum Gasteiger partial charge on any atom is 0.459 e. The molecule has 9 atom stereocenters. The zero-order valence-electron chi connectivity index (χ0n) is 44.6. The molecule has 3 aliphatic rings. The minimum absolute atomic E-state index is 0.0884. The summed E-state index contributed by atoms with van der Waals surface area (Å²) in [5.74, 6) is -0.590. The highest BCUT2D eigenvalue weighted by Crippen LogP contribution is 2.52. The lowest BCUT2D eigenvalue weighted by Crippen LogP contribution is -2.59. The molecule has 3 aromatic rings. The number of para-hydroxylation sites is 1. The molecule has 1 aromatic carbocycles. The number of nitrogens with two attached hydrogens (primary N) is 1. The number of hydrogen-bond acceptors (Lipinski definition) is 18. The second-order valence-electron chi connectivity index (χ2n) is 22.1. The van der Waals surface area contributed by atoms with Gasteiger partial charge in [-0.2, -0.15) is 13.5 Å². The molecule has 2 fully saturated rings. The number of ether oxygens (including phenoxy) is 3. The normalized spacial score (nSPS) is 25.5. The average molecular weight is 1110 g/mol. The van der Waals surface area contributed by atoms with Crippen LogP contribution in [0.4, 0.5) is 0 Å². The molecule has 0 bridgehead atoms. The molecule has 74 heavy (non-hydrogen) atoms. The summed E-state index contributed by atoms with van der Waals surface area (Å²) in [6.07, 6.45) is -5.14. The third-order valence-corrected chi connectivity index (χ3v) is 26.3. The summed E-state index contributed by atoms with van der Waals surface area (Å²) in [5.41, 5.74) is 1.74. The summed E-state index contributed by atoms with van der Waals surface area (Å²) in [5, 5.41) is 13.8. The summed E-state index contributed by atoms with van der Waals surface area (Å²) in [6.45, 7) is 23.2. The van der Waals surface area contributed by atoms with Gasteiger partial charge in [0.1, 0.15) is 36.3 Å². The van der Waals surface area contributed by atoms with Crippen LogP contribution in [0.15, 0.2) is 73.0 Å². The quantitative estimate of drug-likeness (QED) is 0.0654. The second kappa shape index (κ2) is 21.6. The maximum atomic E-state index is 14.8. The molecule has 3 aliphatic heterocycles. The highest BCUT2D eigenvalue weighted by atomic mass is 32.2. The highest BCUT2D eigenvalue weighted by Gasteiger charge is 2.67. The summed E-state index contributed by atoms with van der Waals surface area (Å²) >= 11 is 0. The van der Waals surface area contributed by atoms with E-state index in [2.05, 4.69) is 5.09 Å². The number of nitrogens with zero attached hydrogens (tertiary/aromatic N) is 4. The number of aliphatic hydroxyl groups excluding tert-OH is 1. The van der Waals surface area contributed by atoms with Crippen LogP contribution >= 0.6 is 7.75 Å². The van der Waals surface area contributed by atoms with Gasteiger partial charge in [-0.05, 0) is 75.6 Å². The van der Waals surface area contributed by atoms with Gasteiger partial charge in [0.05, 0.1) is 37.5 Å². The second-order valence-corrected chi connectivity index (χ2v) is 34.8. The minimum atomic E-state index is -4.38. The number of hydrogen-bond donors (Lipinski definition) is 3. The van der Waals surface area contributed by atoms with Crippen molar-refractivity contribution in [1.29, 1.82) is 0 Å². The van der Waals surface area contributed by atoms with E-state index in [0.717, 1.165) is 26.2 Å². The number of carbonyl (C=O) groups is 1. The van der Waals surface area contributed by atoms with Gasteiger partial charge in [0.25, 0.3) is 21.2 Å². The largest absolute Gasteiger partial charge is 0.468 e. The lowest BCUT2D eigenvalue weighted by Gasteiger charge is -2.43. The molecular formula is C47H73N6O17PSSi2. The minimum Gasteiger partial charge on any atom is -0.468 e. The fourth-order valence-corrected chi connectivity index (χ4v) is 13.3. The SMILES string of the molecule is COC(=O)C(C)NP(=O)(OC[C@H]1O[C@@H](n2cc(C)c(=O)n(CCCn3c(=O)c(C)cn([C@@H]4O[C@H](CO[Si](C)(C)C(C)(C)C)[C@@]5(OS(=O)(=O)C=C5N)[C@H]4O[Si](C)(C)C(C)(C)C)c3=O)c2=O)C[C@@H]1O)Oc1ccccc1. The van der Waals surface area contributed by atoms with E-state index in [0.29, 0.717) is 0 Å². The Morgan fingerprint density at radius 2 is 1.46 bits per heavy atom. The predicted octanol–water partition coefficient (Wildman–Crippen LogP) is 4.25. The molecule has 0 saturated carbocycles. The molecule has 0 aliphatic carbocycles. The van der Waals surface area contributed by atoms with Gasteiger partial charge in [-0.1, -0.05) is 59.7 Å². The Morgan fingerprint density at radius 3 is 1.99 bits per heavy atom. The number of benzene rings is 1. The van der Waals surface area contributed by atoms with Crippen molar-refractivity contribution in [3.05, 3.63) is 107 Å². The van der Waals surface area contributed by atoms with E-state index < -0.39 is 123 Å². The maximum absolute atomic E-state index is 14.8. The van der Waals surface area contributed by atoms with Gasteiger partial charge in [-0.3, -0.25) is 37.2 Å².